The molecular weight excluding hydrogens is 387 g/mol. The first-order valence-corrected chi connectivity index (χ1v) is 10.6. The van der Waals surface area contributed by atoms with Crippen molar-refractivity contribution >= 4 is 0 Å². The van der Waals surface area contributed by atoms with Crippen LogP contribution in [0.5, 0.6) is 0 Å². The van der Waals surface area contributed by atoms with Gasteiger partial charge in [-0.3, -0.25) is 0 Å². The van der Waals surface area contributed by atoms with Crippen LogP contribution >= 0.6 is 0 Å². The minimum atomic E-state index is -3.79. The number of nitrogens with two attached hydrogens (primary N) is 2. The molecule has 0 saturated carbocycles. The fourth-order valence-corrected chi connectivity index (χ4v) is 2.83. The second-order valence-electron chi connectivity index (χ2n) is 6.23. The fourth-order valence-electron chi connectivity index (χ4n) is 2.83. The van der Waals surface area contributed by atoms with Crippen molar-refractivity contribution in [2.24, 2.45) is 11.5 Å². The Kier molecular flexibility index (Phi) is 13.2. The predicted octanol–water partition coefficient (Wildman–Crippen LogP) is -2.16. The zero-order chi connectivity index (χ0) is 18.8. The van der Waals surface area contributed by atoms with Gasteiger partial charge in [-0.1, -0.05) is 0 Å². The zero-order valence-electron chi connectivity index (χ0n) is 14.0. The van der Waals surface area contributed by atoms with Crippen LogP contribution in [0, 0.1) is 0 Å². The van der Waals surface area contributed by atoms with Crippen LogP contribution in [0.25, 0.3) is 0 Å². The van der Waals surface area contributed by atoms with Gasteiger partial charge in [0, 0.05) is 17.7 Å². The van der Waals surface area contributed by atoms with E-state index in [2.05, 4.69) is 0 Å². The van der Waals surface area contributed by atoms with Crippen molar-refractivity contribution in [3.63, 3.8) is 0 Å². The molecule has 4 atom stereocenters. The maximum atomic E-state index is 9.62. The molecule has 0 spiro atoms. The second kappa shape index (κ2) is 11.8. The first-order valence-electron chi connectivity index (χ1n) is 7.44. The number of rotatable bonds is 9. The Morgan fingerprint density at radius 3 is 1.35 bits per heavy atom. The zero-order valence-corrected chi connectivity index (χ0v) is 16.5. The third kappa shape index (κ3) is 11.5. The summed E-state index contributed by atoms with van der Waals surface area (Å²) in [5.74, 6) is 0. The summed E-state index contributed by atoms with van der Waals surface area (Å²) < 4.78 is 23.3. The van der Waals surface area contributed by atoms with Crippen molar-refractivity contribution in [1.29, 1.82) is 0 Å². The molecule has 0 radical (unpaired) electrons. The van der Waals surface area contributed by atoms with Gasteiger partial charge in [-0.25, -0.2) is 0 Å². The van der Waals surface area contributed by atoms with E-state index in [9.17, 15) is 20.4 Å². The Labute approximate surface area is 146 Å². The number of hydrogen-bond acceptors (Lipinski definition) is 7. The molecule has 140 valence electrons. The van der Waals surface area contributed by atoms with Crippen LogP contribution in [-0.4, -0.2) is 62.8 Å². The number of aliphatic hydroxyl groups is 4. The van der Waals surface area contributed by atoms with Crippen LogP contribution in [0.3, 0.4) is 0 Å². The van der Waals surface area contributed by atoms with Gasteiger partial charge in [0.15, 0.2) is 0 Å². The molecule has 0 rings (SSSR count). The molecule has 0 saturated heterocycles. The average molecular weight is 420 g/mol. The Hall–Kier alpha value is 0.363. The van der Waals surface area contributed by atoms with E-state index >= 15 is 0 Å². The van der Waals surface area contributed by atoms with E-state index in [1.54, 1.807) is 20.8 Å². The Morgan fingerprint density at radius 2 is 1.13 bits per heavy atom. The molecule has 23 heavy (non-hydrogen) atoms. The van der Waals surface area contributed by atoms with Crippen molar-refractivity contribution in [2.45, 2.75) is 75.8 Å². The van der Waals surface area contributed by atoms with Crippen LogP contribution in [0.2, 0.25) is 0 Å². The van der Waals surface area contributed by atoms with Crippen molar-refractivity contribution in [2.75, 3.05) is 6.61 Å². The van der Waals surface area contributed by atoms with Gasteiger partial charge in [0.1, 0.15) is 0 Å². The molecule has 0 fully saturated rings. The molecule has 0 amide bonds. The summed E-state index contributed by atoms with van der Waals surface area (Å²) in [6.45, 7) is 4.64. The van der Waals surface area contributed by atoms with Gasteiger partial charge in [0.05, 0.1) is 18.3 Å². The molecule has 0 bridgehead atoms. The molecule has 0 aliphatic carbocycles. The Bertz CT molecular complexity index is 328. The first-order chi connectivity index (χ1) is 10.3. The number of hydrogen-bond donors (Lipinski definition) is 8. The SMILES string of the molecule is CC(O)CC(N)(CCO)C(N)(CC(C)O)CC(C)O.[O]=[Zr]([OH])[OH]. The summed E-state index contributed by atoms with van der Waals surface area (Å²) >= 11 is -3.79. The van der Waals surface area contributed by atoms with E-state index in [4.69, 9.17) is 20.6 Å². The van der Waals surface area contributed by atoms with Crippen molar-refractivity contribution in [1.82, 2.24) is 0 Å². The topological polar surface area (TPSA) is 190 Å². The Morgan fingerprint density at radius 1 is 0.870 bits per heavy atom. The minimum absolute atomic E-state index is 0.165. The summed E-state index contributed by atoms with van der Waals surface area (Å²) in [7, 11) is 0. The van der Waals surface area contributed by atoms with Gasteiger partial charge < -0.3 is 31.9 Å². The second-order valence-corrected chi connectivity index (χ2v) is 7.62. The van der Waals surface area contributed by atoms with Crippen LogP contribution < -0.4 is 11.5 Å². The molecule has 0 aromatic carbocycles. The van der Waals surface area contributed by atoms with Crippen LogP contribution in [0.1, 0.15) is 46.5 Å². The van der Waals surface area contributed by atoms with E-state index < -0.39 is 52.0 Å². The number of aliphatic hydroxyl groups excluding tert-OH is 4. The van der Waals surface area contributed by atoms with E-state index in [-0.39, 0.29) is 32.3 Å². The molecule has 9 nitrogen and oxygen atoms in total. The quantitative estimate of drug-likeness (QED) is 0.206. The monoisotopic (exact) mass is 418 g/mol. The van der Waals surface area contributed by atoms with Crippen LogP contribution in [0.4, 0.5) is 0 Å². The van der Waals surface area contributed by atoms with Crippen molar-refractivity contribution in [3.8, 4) is 0 Å². The van der Waals surface area contributed by atoms with E-state index in [0.29, 0.717) is 0 Å². The van der Waals surface area contributed by atoms with Crippen molar-refractivity contribution < 1.29 is 52.2 Å². The van der Waals surface area contributed by atoms with Gasteiger partial charge >= 0.3 is 31.8 Å². The first kappa shape index (κ1) is 25.6. The Balaban J connectivity index is 0. The van der Waals surface area contributed by atoms with Gasteiger partial charge in [0.25, 0.3) is 0 Å². The van der Waals surface area contributed by atoms with Gasteiger partial charge in [-0.15, -0.1) is 0 Å². The third-order valence-corrected chi connectivity index (χ3v) is 3.53. The molecule has 0 heterocycles. The molecule has 0 aromatic heterocycles. The normalized spacial score (nSPS) is 20.3. The van der Waals surface area contributed by atoms with E-state index in [1.165, 1.54) is 0 Å². The molecule has 10 N–H and O–H groups in total. The van der Waals surface area contributed by atoms with Crippen LogP contribution in [-0.2, 0) is 25.4 Å². The molecule has 0 aromatic rings. The summed E-state index contributed by atoms with van der Waals surface area (Å²) in [4.78, 5) is 0. The summed E-state index contributed by atoms with van der Waals surface area (Å²) in [6, 6.07) is 0. The summed E-state index contributed by atoms with van der Waals surface area (Å²) in [5, 5.41) is 38.1. The standard InChI is InChI=1S/C13H30N2O4.2H2O.O.Zr/c1-9(17)6-12(14,4-5-16)13(15,7-10(2)18)8-11(3)19;;;;/h9-11,16-19H,4-8,14-15H2,1-3H3;2*1H2;;/q;;;;+2/p-2. The molecule has 10 heteroatoms. The van der Waals surface area contributed by atoms with E-state index in [1.807, 2.05) is 0 Å². The predicted molar refractivity (Wildman–Crippen MR) is 79.6 cm³/mol. The van der Waals surface area contributed by atoms with Gasteiger partial charge in [0.2, 0.25) is 0 Å². The van der Waals surface area contributed by atoms with Gasteiger partial charge in [-0.05, 0) is 46.5 Å². The van der Waals surface area contributed by atoms with Crippen LogP contribution in [0.15, 0.2) is 0 Å². The average Bonchev–Trinajstić information content (AvgIpc) is 2.24. The molecule has 0 aliphatic heterocycles. The molecule has 4 unspecified atom stereocenters. The maximum absolute atomic E-state index is 9.62. The molecule has 0 aliphatic rings. The summed E-state index contributed by atoms with van der Waals surface area (Å²) in [5.41, 5.74) is 10.6. The third-order valence-electron chi connectivity index (χ3n) is 3.53. The van der Waals surface area contributed by atoms with E-state index in [0.717, 1.165) is 0 Å². The fraction of sp³-hybridized carbons (Fsp3) is 1.00. The van der Waals surface area contributed by atoms with Crippen molar-refractivity contribution in [3.05, 3.63) is 0 Å². The van der Waals surface area contributed by atoms with Gasteiger partial charge in [-0.2, -0.15) is 0 Å². The summed E-state index contributed by atoms with van der Waals surface area (Å²) in [6.07, 6.45) is -1.25. The molecular formula is C13H32N2O7Zr.